The van der Waals surface area contributed by atoms with Gasteiger partial charge in [0.25, 0.3) is 11.8 Å². The number of carbonyl (C=O) groups excluding carboxylic acids is 3. The number of rotatable bonds is 10. The first-order valence-corrected chi connectivity index (χ1v) is 12.0. The summed E-state index contributed by atoms with van der Waals surface area (Å²) in [5, 5.41) is 2.22. The summed E-state index contributed by atoms with van der Waals surface area (Å²) in [5.41, 5.74) is 1.31. The van der Waals surface area contributed by atoms with Crippen LogP contribution in [0.3, 0.4) is 0 Å². The van der Waals surface area contributed by atoms with Crippen molar-refractivity contribution in [3.05, 3.63) is 94.8 Å². The van der Waals surface area contributed by atoms with Crippen molar-refractivity contribution in [3.63, 3.8) is 0 Å². The fraction of sp³-hybridized carbons (Fsp3) is 0.207. The highest BCUT2D eigenvalue weighted by Crippen LogP contribution is 2.29. The molecule has 4 rings (SSSR count). The molecular weight excluding hydrogens is 491 g/mol. The van der Waals surface area contributed by atoms with Gasteiger partial charge in [-0.1, -0.05) is 43.3 Å². The van der Waals surface area contributed by atoms with Gasteiger partial charge in [-0.15, -0.1) is 0 Å². The van der Waals surface area contributed by atoms with Crippen LogP contribution < -0.4 is 19.5 Å². The van der Waals surface area contributed by atoms with E-state index in [9.17, 15) is 18.8 Å². The molecule has 1 fully saturated rings. The molecule has 0 atom stereocenters. The summed E-state index contributed by atoms with van der Waals surface area (Å²) in [5.74, 6) is -0.450. The van der Waals surface area contributed by atoms with Crippen LogP contribution in [0.5, 0.6) is 17.2 Å². The van der Waals surface area contributed by atoms with Crippen LogP contribution in [0.1, 0.15) is 30.0 Å². The Hall–Kier alpha value is -4.66. The number of methoxy groups -OCH3 is 1. The molecule has 0 spiro atoms. The van der Waals surface area contributed by atoms with Gasteiger partial charge >= 0.3 is 6.03 Å². The number of hydrogen-bond donors (Lipinski definition) is 1. The summed E-state index contributed by atoms with van der Waals surface area (Å²) in [6.07, 6.45) is 2.21. The summed E-state index contributed by atoms with van der Waals surface area (Å²) in [6.45, 7) is 2.45. The highest BCUT2D eigenvalue weighted by Gasteiger charge is 2.35. The fourth-order valence-corrected chi connectivity index (χ4v) is 3.80. The Labute approximate surface area is 219 Å². The van der Waals surface area contributed by atoms with Crippen molar-refractivity contribution in [2.75, 3.05) is 13.7 Å². The van der Waals surface area contributed by atoms with Gasteiger partial charge in [-0.25, -0.2) is 9.18 Å². The third-order valence-electron chi connectivity index (χ3n) is 5.74. The van der Waals surface area contributed by atoms with Crippen LogP contribution in [-0.4, -0.2) is 36.5 Å². The van der Waals surface area contributed by atoms with Crippen molar-refractivity contribution in [1.29, 1.82) is 0 Å². The number of ether oxygens (including phenoxy) is 3. The zero-order valence-corrected chi connectivity index (χ0v) is 21.0. The number of amides is 4. The van der Waals surface area contributed by atoms with E-state index in [0.717, 1.165) is 11.3 Å². The van der Waals surface area contributed by atoms with Crippen molar-refractivity contribution < 1.29 is 33.0 Å². The van der Waals surface area contributed by atoms with E-state index < -0.39 is 17.8 Å². The Morgan fingerprint density at radius 2 is 1.76 bits per heavy atom. The Bertz CT molecular complexity index is 1390. The minimum absolute atomic E-state index is 0.0140. The predicted molar refractivity (Wildman–Crippen MR) is 138 cm³/mol. The second kappa shape index (κ2) is 12.1. The first-order chi connectivity index (χ1) is 18.4. The predicted octanol–water partition coefficient (Wildman–Crippen LogP) is 4.86. The molecule has 0 bridgehead atoms. The van der Waals surface area contributed by atoms with Crippen LogP contribution in [0.4, 0.5) is 9.18 Å². The topological polar surface area (TPSA) is 94.2 Å². The maximum atomic E-state index is 13.9. The van der Waals surface area contributed by atoms with E-state index in [0.29, 0.717) is 40.5 Å². The summed E-state index contributed by atoms with van der Waals surface area (Å²) in [6, 6.07) is 17.3. The second-order valence-corrected chi connectivity index (χ2v) is 8.49. The summed E-state index contributed by atoms with van der Waals surface area (Å²) in [7, 11) is 1.50. The SMILES string of the molecule is CCCOc1ccc(CN2C(=O)NC(=O)/C(=C/c3cccc(OCc4ccccc4F)c3)C2=O)cc1OC. The van der Waals surface area contributed by atoms with Crippen LogP contribution >= 0.6 is 0 Å². The van der Waals surface area contributed by atoms with Gasteiger partial charge in [0.2, 0.25) is 0 Å². The molecule has 1 saturated heterocycles. The minimum atomic E-state index is -0.815. The third kappa shape index (κ3) is 6.18. The quantitative estimate of drug-likeness (QED) is 0.304. The number of barbiturate groups is 1. The third-order valence-corrected chi connectivity index (χ3v) is 5.74. The second-order valence-electron chi connectivity index (χ2n) is 8.49. The molecule has 8 nitrogen and oxygen atoms in total. The van der Waals surface area contributed by atoms with Crippen molar-refractivity contribution >= 4 is 23.9 Å². The molecule has 4 amide bonds. The Morgan fingerprint density at radius 1 is 0.947 bits per heavy atom. The number of benzene rings is 3. The highest BCUT2D eigenvalue weighted by molar-refractivity contribution is 6.30. The van der Waals surface area contributed by atoms with E-state index >= 15 is 0 Å². The standard InChI is InChI=1S/C29H27FN2O6/c1-3-13-37-25-12-11-20(16-26(25)36-2)17-32-28(34)23(27(33)31-29(32)35)15-19-7-6-9-22(14-19)38-18-21-8-4-5-10-24(21)30/h4-12,14-16H,3,13,17-18H2,1-2H3,(H,31,33,35)/b23-15-. The average Bonchev–Trinajstić information content (AvgIpc) is 2.92. The molecule has 0 radical (unpaired) electrons. The van der Waals surface area contributed by atoms with E-state index in [1.54, 1.807) is 60.7 Å². The molecule has 0 aromatic heterocycles. The van der Waals surface area contributed by atoms with Gasteiger partial charge in [-0.05, 0) is 54.0 Å². The molecule has 196 valence electrons. The van der Waals surface area contributed by atoms with E-state index in [1.165, 1.54) is 19.3 Å². The van der Waals surface area contributed by atoms with Gasteiger partial charge in [0.1, 0.15) is 23.7 Å². The van der Waals surface area contributed by atoms with Crippen LogP contribution in [0.15, 0.2) is 72.3 Å². The van der Waals surface area contributed by atoms with E-state index in [1.807, 2.05) is 6.92 Å². The molecule has 1 aliphatic rings. The fourth-order valence-electron chi connectivity index (χ4n) is 3.80. The number of hydrogen-bond acceptors (Lipinski definition) is 6. The average molecular weight is 519 g/mol. The minimum Gasteiger partial charge on any atom is -0.493 e. The monoisotopic (exact) mass is 518 g/mol. The number of urea groups is 1. The zero-order valence-electron chi connectivity index (χ0n) is 21.0. The smallest absolute Gasteiger partial charge is 0.331 e. The van der Waals surface area contributed by atoms with Crippen LogP contribution in [0.2, 0.25) is 0 Å². The highest BCUT2D eigenvalue weighted by atomic mass is 19.1. The summed E-state index contributed by atoms with van der Waals surface area (Å²) >= 11 is 0. The van der Waals surface area contributed by atoms with Crippen LogP contribution in [0.25, 0.3) is 6.08 Å². The lowest BCUT2D eigenvalue weighted by Crippen LogP contribution is -2.53. The van der Waals surface area contributed by atoms with Gasteiger partial charge in [0, 0.05) is 5.56 Å². The summed E-state index contributed by atoms with van der Waals surface area (Å²) in [4.78, 5) is 39.2. The van der Waals surface area contributed by atoms with Gasteiger partial charge < -0.3 is 14.2 Å². The molecule has 0 saturated carbocycles. The van der Waals surface area contributed by atoms with Crippen molar-refractivity contribution in [2.45, 2.75) is 26.5 Å². The maximum absolute atomic E-state index is 13.9. The van der Waals surface area contributed by atoms with Gasteiger partial charge in [-0.3, -0.25) is 19.8 Å². The molecule has 1 heterocycles. The summed E-state index contributed by atoms with van der Waals surface area (Å²) < 4.78 is 30.6. The number of imide groups is 2. The number of nitrogens with zero attached hydrogens (tertiary/aromatic N) is 1. The largest absolute Gasteiger partial charge is 0.493 e. The molecule has 1 aliphatic heterocycles. The van der Waals surface area contributed by atoms with Gasteiger partial charge in [-0.2, -0.15) is 0 Å². The van der Waals surface area contributed by atoms with Gasteiger partial charge in [0.05, 0.1) is 20.3 Å². The lowest BCUT2D eigenvalue weighted by molar-refractivity contribution is -0.130. The van der Waals surface area contributed by atoms with Crippen molar-refractivity contribution in [1.82, 2.24) is 10.2 Å². The molecule has 3 aromatic carbocycles. The van der Waals surface area contributed by atoms with Crippen molar-refractivity contribution in [2.24, 2.45) is 0 Å². The molecule has 3 aromatic rings. The lowest BCUT2D eigenvalue weighted by Gasteiger charge is -2.26. The lowest BCUT2D eigenvalue weighted by atomic mass is 10.1. The van der Waals surface area contributed by atoms with Crippen LogP contribution in [0, 0.1) is 5.82 Å². The Balaban J connectivity index is 1.52. The van der Waals surface area contributed by atoms with Crippen molar-refractivity contribution in [3.8, 4) is 17.2 Å². The zero-order chi connectivity index (χ0) is 27.1. The normalized spacial score (nSPS) is 14.4. The number of nitrogens with one attached hydrogen (secondary N) is 1. The molecule has 1 N–H and O–H groups in total. The maximum Gasteiger partial charge on any atom is 0.331 e. The first-order valence-electron chi connectivity index (χ1n) is 12.0. The van der Waals surface area contributed by atoms with E-state index in [-0.39, 0.29) is 24.5 Å². The van der Waals surface area contributed by atoms with E-state index in [2.05, 4.69) is 5.32 Å². The Kier molecular flexibility index (Phi) is 8.37. The van der Waals surface area contributed by atoms with E-state index in [4.69, 9.17) is 14.2 Å². The molecule has 0 unspecified atom stereocenters. The number of halogens is 1. The molecule has 38 heavy (non-hydrogen) atoms. The van der Waals surface area contributed by atoms with Crippen LogP contribution in [-0.2, 0) is 22.7 Å². The Morgan fingerprint density at radius 3 is 2.53 bits per heavy atom. The molecule has 9 heteroatoms. The van der Waals surface area contributed by atoms with Gasteiger partial charge in [0.15, 0.2) is 11.5 Å². The molecule has 0 aliphatic carbocycles. The number of carbonyl (C=O) groups is 3. The molecular formula is C29H27FN2O6. The first kappa shape index (κ1) is 26.4.